The van der Waals surface area contributed by atoms with E-state index in [1.807, 2.05) is 25.3 Å². The summed E-state index contributed by atoms with van der Waals surface area (Å²) in [6.45, 7) is 2.04. The van der Waals surface area contributed by atoms with E-state index in [2.05, 4.69) is 24.9 Å². The molecule has 1 saturated carbocycles. The van der Waals surface area contributed by atoms with Gasteiger partial charge in [0.25, 0.3) is 0 Å². The number of nitrogens with one attached hydrogen (secondary N) is 1. The predicted octanol–water partition coefficient (Wildman–Crippen LogP) is 2.60. The van der Waals surface area contributed by atoms with Crippen LogP contribution in [-0.4, -0.2) is 24.9 Å². The van der Waals surface area contributed by atoms with Gasteiger partial charge in [-0.25, -0.2) is 19.9 Å². The number of hydrogen-bond acceptors (Lipinski definition) is 4. The number of H-pyrrole nitrogens is 1. The van der Waals surface area contributed by atoms with Crippen LogP contribution in [0.15, 0.2) is 24.5 Å². The summed E-state index contributed by atoms with van der Waals surface area (Å²) >= 11 is 0. The Balaban J connectivity index is 1.85. The summed E-state index contributed by atoms with van der Waals surface area (Å²) in [6.07, 6.45) is 5.98. The number of aryl methyl sites for hydroxylation is 1. The molecule has 3 aromatic heterocycles. The molecule has 1 N–H and O–H groups in total. The maximum atomic E-state index is 4.60. The molecule has 0 spiro atoms. The van der Waals surface area contributed by atoms with Crippen LogP contribution in [0.2, 0.25) is 0 Å². The smallest absolute Gasteiger partial charge is 0.178 e. The Bertz CT molecular complexity index is 757. The Hall–Kier alpha value is -2.30. The summed E-state index contributed by atoms with van der Waals surface area (Å²) in [5.74, 6) is 2.24. The highest BCUT2D eigenvalue weighted by Gasteiger charge is 2.26. The van der Waals surface area contributed by atoms with E-state index in [9.17, 15) is 0 Å². The highest BCUT2D eigenvalue weighted by molar-refractivity contribution is 5.77. The Kier molecular flexibility index (Phi) is 2.15. The van der Waals surface area contributed by atoms with Crippen molar-refractivity contribution < 1.29 is 0 Å². The number of imidazole rings is 1. The largest absolute Gasteiger partial charge is 0.335 e. The van der Waals surface area contributed by atoms with E-state index in [-0.39, 0.29) is 0 Å². The molecule has 1 aliphatic rings. The first-order valence-electron chi connectivity index (χ1n) is 6.46. The topological polar surface area (TPSA) is 67.3 Å². The Morgan fingerprint density at radius 3 is 2.74 bits per heavy atom. The van der Waals surface area contributed by atoms with E-state index in [4.69, 9.17) is 0 Å². The van der Waals surface area contributed by atoms with Gasteiger partial charge in [-0.1, -0.05) is 0 Å². The fourth-order valence-corrected chi connectivity index (χ4v) is 2.20. The number of aromatic nitrogens is 5. The summed E-state index contributed by atoms with van der Waals surface area (Å²) in [7, 11) is 0. The van der Waals surface area contributed by atoms with Crippen LogP contribution in [0.4, 0.5) is 0 Å². The minimum Gasteiger partial charge on any atom is -0.335 e. The summed E-state index contributed by atoms with van der Waals surface area (Å²) in [5.41, 5.74) is 3.69. The van der Waals surface area contributed by atoms with E-state index in [1.54, 1.807) is 6.20 Å². The van der Waals surface area contributed by atoms with E-state index in [1.165, 1.54) is 12.8 Å². The Labute approximate surface area is 110 Å². The van der Waals surface area contributed by atoms with Crippen LogP contribution in [0.5, 0.6) is 0 Å². The van der Waals surface area contributed by atoms with Gasteiger partial charge in [-0.05, 0) is 37.5 Å². The van der Waals surface area contributed by atoms with E-state index in [0.717, 1.165) is 34.1 Å². The number of hydrogen-bond donors (Lipinski definition) is 1. The first-order chi connectivity index (χ1) is 9.31. The Morgan fingerprint density at radius 2 is 1.95 bits per heavy atom. The molecule has 5 nitrogen and oxygen atoms in total. The zero-order valence-electron chi connectivity index (χ0n) is 10.6. The lowest BCUT2D eigenvalue weighted by Crippen LogP contribution is -1.94. The Morgan fingerprint density at radius 1 is 1.11 bits per heavy atom. The van der Waals surface area contributed by atoms with Crippen molar-refractivity contribution in [1.82, 2.24) is 24.9 Å². The number of fused-ring (bicyclic) bond motifs is 1. The standard InChI is InChI=1S/C14H13N5/c1-8-4-6-16-14-11(8)18-13(19-14)10-5-7-15-12(17-10)9-2-3-9/h4-7,9H,2-3H2,1H3,(H,16,18,19). The van der Waals surface area contributed by atoms with Crippen molar-refractivity contribution in [2.24, 2.45) is 0 Å². The molecule has 0 unspecified atom stereocenters. The SMILES string of the molecule is Cc1ccnc2nc(-c3ccnc(C4CC4)n3)[nH]c12. The molecule has 0 aromatic carbocycles. The molecule has 19 heavy (non-hydrogen) atoms. The van der Waals surface area contributed by atoms with Crippen molar-refractivity contribution >= 4 is 11.2 Å². The molecular formula is C14H13N5. The molecule has 0 saturated heterocycles. The number of nitrogens with zero attached hydrogens (tertiary/aromatic N) is 4. The molecule has 1 aliphatic carbocycles. The van der Waals surface area contributed by atoms with Gasteiger partial charge >= 0.3 is 0 Å². The molecule has 4 rings (SSSR count). The minimum absolute atomic E-state index is 0.546. The third-order valence-corrected chi connectivity index (χ3v) is 3.46. The van der Waals surface area contributed by atoms with Gasteiger partial charge in [0.05, 0.1) is 5.52 Å². The van der Waals surface area contributed by atoms with E-state index in [0.29, 0.717) is 5.92 Å². The molecule has 0 radical (unpaired) electrons. The average molecular weight is 251 g/mol. The van der Waals surface area contributed by atoms with Gasteiger partial charge in [-0.2, -0.15) is 0 Å². The van der Waals surface area contributed by atoms with E-state index >= 15 is 0 Å². The van der Waals surface area contributed by atoms with Crippen LogP contribution < -0.4 is 0 Å². The number of rotatable bonds is 2. The van der Waals surface area contributed by atoms with Crippen LogP contribution >= 0.6 is 0 Å². The van der Waals surface area contributed by atoms with Crippen molar-refractivity contribution in [3.8, 4) is 11.5 Å². The number of pyridine rings is 1. The summed E-state index contributed by atoms with van der Waals surface area (Å²) in [5, 5.41) is 0. The predicted molar refractivity (Wildman–Crippen MR) is 71.6 cm³/mol. The molecule has 3 heterocycles. The third kappa shape index (κ3) is 1.78. The summed E-state index contributed by atoms with van der Waals surface area (Å²) in [4.78, 5) is 21.0. The third-order valence-electron chi connectivity index (χ3n) is 3.46. The molecule has 3 aromatic rings. The van der Waals surface area contributed by atoms with Gasteiger partial charge in [0.15, 0.2) is 11.5 Å². The highest BCUT2D eigenvalue weighted by atomic mass is 15.0. The van der Waals surface area contributed by atoms with Crippen LogP contribution in [0, 0.1) is 6.92 Å². The molecule has 0 bridgehead atoms. The first-order valence-corrected chi connectivity index (χ1v) is 6.46. The highest BCUT2D eigenvalue weighted by Crippen LogP contribution is 2.38. The van der Waals surface area contributed by atoms with Gasteiger partial charge in [0, 0.05) is 18.3 Å². The fraction of sp³-hybridized carbons (Fsp3) is 0.286. The second kappa shape index (κ2) is 3.85. The van der Waals surface area contributed by atoms with Gasteiger partial charge in [-0.3, -0.25) is 0 Å². The summed E-state index contributed by atoms with van der Waals surface area (Å²) < 4.78 is 0. The lowest BCUT2D eigenvalue weighted by atomic mass is 10.3. The maximum absolute atomic E-state index is 4.60. The molecule has 0 aliphatic heterocycles. The van der Waals surface area contributed by atoms with Gasteiger partial charge in [-0.15, -0.1) is 0 Å². The normalized spacial score (nSPS) is 15.0. The average Bonchev–Trinajstić information content (AvgIpc) is 3.19. The van der Waals surface area contributed by atoms with Crippen molar-refractivity contribution in [2.45, 2.75) is 25.7 Å². The minimum atomic E-state index is 0.546. The van der Waals surface area contributed by atoms with Gasteiger partial charge < -0.3 is 4.98 Å². The molecular weight excluding hydrogens is 238 g/mol. The van der Waals surface area contributed by atoms with Crippen LogP contribution in [0.1, 0.15) is 30.1 Å². The quantitative estimate of drug-likeness (QED) is 0.760. The van der Waals surface area contributed by atoms with Crippen molar-refractivity contribution in [3.63, 3.8) is 0 Å². The van der Waals surface area contributed by atoms with Crippen LogP contribution in [-0.2, 0) is 0 Å². The van der Waals surface area contributed by atoms with Crippen LogP contribution in [0.25, 0.3) is 22.7 Å². The second-order valence-corrected chi connectivity index (χ2v) is 4.99. The van der Waals surface area contributed by atoms with Crippen molar-refractivity contribution in [1.29, 1.82) is 0 Å². The second-order valence-electron chi connectivity index (χ2n) is 4.99. The molecule has 94 valence electrons. The van der Waals surface area contributed by atoms with Crippen molar-refractivity contribution in [2.75, 3.05) is 0 Å². The molecule has 1 fully saturated rings. The monoisotopic (exact) mass is 251 g/mol. The zero-order valence-corrected chi connectivity index (χ0v) is 10.6. The zero-order chi connectivity index (χ0) is 12.8. The van der Waals surface area contributed by atoms with Crippen LogP contribution in [0.3, 0.4) is 0 Å². The fourth-order valence-electron chi connectivity index (χ4n) is 2.20. The molecule has 0 amide bonds. The lowest BCUT2D eigenvalue weighted by molar-refractivity contribution is 0.926. The van der Waals surface area contributed by atoms with E-state index < -0.39 is 0 Å². The molecule has 0 atom stereocenters. The van der Waals surface area contributed by atoms with Gasteiger partial charge in [0.1, 0.15) is 11.5 Å². The maximum Gasteiger partial charge on any atom is 0.178 e. The summed E-state index contributed by atoms with van der Waals surface area (Å²) in [6, 6.07) is 3.86. The first kappa shape index (κ1) is 10.6. The number of aromatic amines is 1. The molecule has 5 heteroatoms. The van der Waals surface area contributed by atoms with Crippen molar-refractivity contribution in [3.05, 3.63) is 35.9 Å². The lowest BCUT2D eigenvalue weighted by Gasteiger charge is -1.99. The van der Waals surface area contributed by atoms with Gasteiger partial charge in [0.2, 0.25) is 0 Å².